The van der Waals surface area contributed by atoms with Crippen LogP contribution in [0.4, 0.5) is 0 Å². The number of carbonyl (C=O) groups is 1. The Morgan fingerprint density at radius 2 is 1.91 bits per heavy atom. The first kappa shape index (κ1) is 15.7. The van der Waals surface area contributed by atoms with Crippen molar-refractivity contribution in [3.63, 3.8) is 0 Å². The third kappa shape index (κ3) is 3.15. The van der Waals surface area contributed by atoms with Crippen molar-refractivity contribution in [1.82, 2.24) is 9.29 Å². The minimum Gasteiger partial charge on any atom is -0.266 e. The molecule has 1 aromatic heterocycles. The lowest BCUT2D eigenvalue weighted by Gasteiger charge is -2.20. The highest BCUT2D eigenvalue weighted by Gasteiger charge is 2.30. The van der Waals surface area contributed by atoms with Crippen LogP contribution in [-0.2, 0) is 10.0 Å². The van der Waals surface area contributed by atoms with Gasteiger partial charge in [-0.1, -0.05) is 29.7 Å². The predicted molar refractivity (Wildman–Crippen MR) is 82.5 cm³/mol. The molecule has 1 aromatic carbocycles. The van der Waals surface area contributed by atoms with Crippen LogP contribution >= 0.6 is 0 Å². The zero-order valence-electron chi connectivity index (χ0n) is 11.9. The highest BCUT2D eigenvalue weighted by molar-refractivity contribution is 7.89. The lowest BCUT2D eigenvalue weighted by atomic mass is 10.2. The maximum Gasteiger partial charge on any atom is 0.287 e. The van der Waals surface area contributed by atoms with E-state index >= 15 is 0 Å². The van der Waals surface area contributed by atoms with Crippen LogP contribution < -0.4 is 0 Å². The molecule has 0 N–H and O–H groups in total. The maximum atomic E-state index is 12.6. The molecule has 0 aliphatic carbocycles. The minimum atomic E-state index is -4.03. The number of benzene rings is 1. The maximum absolute atomic E-state index is 12.6. The van der Waals surface area contributed by atoms with Crippen molar-refractivity contribution in [2.75, 3.05) is 6.54 Å². The first-order chi connectivity index (χ1) is 10.5. The Morgan fingerprint density at radius 1 is 1.23 bits per heavy atom. The molecule has 0 unspecified atom stereocenters. The molecule has 0 radical (unpaired) electrons. The van der Waals surface area contributed by atoms with Crippen molar-refractivity contribution < 1.29 is 13.2 Å². The quantitative estimate of drug-likeness (QED) is 0.808. The molecule has 2 rings (SSSR count). The van der Waals surface area contributed by atoms with Gasteiger partial charge in [0, 0.05) is 6.20 Å². The van der Waals surface area contributed by atoms with Gasteiger partial charge in [-0.25, -0.2) is 12.7 Å². The van der Waals surface area contributed by atoms with Crippen LogP contribution in [0.1, 0.15) is 16.1 Å². The van der Waals surface area contributed by atoms with Gasteiger partial charge in [-0.05, 0) is 31.2 Å². The number of carbonyl (C=O) groups excluding carboxylic acids is 1. The molecule has 0 aliphatic heterocycles. The van der Waals surface area contributed by atoms with Crippen LogP contribution in [0, 0.1) is 19.3 Å². The standard InChI is InChI=1S/C16H14N2O3S/c1-3-12-18(16(19)15-6-4-5-11-17-15)22(20,21)14-9-7-13(2)8-10-14/h1,4-11H,12H2,2H3. The van der Waals surface area contributed by atoms with Crippen LogP contribution in [0.15, 0.2) is 53.6 Å². The van der Waals surface area contributed by atoms with Crippen LogP contribution in [0.25, 0.3) is 0 Å². The average molecular weight is 314 g/mol. The highest BCUT2D eigenvalue weighted by Crippen LogP contribution is 2.18. The monoisotopic (exact) mass is 314 g/mol. The van der Waals surface area contributed by atoms with Crippen LogP contribution in [0.3, 0.4) is 0 Å². The summed E-state index contributed by atoms with van der Waals surface area (Å²) in [6.07, 6.45) is 6.63. The summed E-state index contributed by atoms with van der Waals surface area (Å²) < 4.78 is 25.9. The fourth-order valence-electron chi connectivity index (χ4n) is 1.80. The Morgan fingerprint density at radius 3 is 2.45 bits per heavy atom. The van der Waals surface area contributed by atoms with Gasteiger partial charge in [-0.15, -0.1) is 6.42 Å². The molecule has 0 fully saturated rings. The number of nitrogens with zero attached hydrogens (tertiary/aromatic N) is 2. The normalized spacial score (nSPS) is 10.7. The van der Waals surface area contributed by atoms with Gasteiger partial charge in [0.1, 0.15) is 5.69 Å². The molecule has 0 aliphatic rings. The number of rotatable bonds is 4. The molecular formula is C16H14N2O3S. The summed E-state index contributed by atoms with van der Waals surface area (Å²) in [4.78, 5) is 16.3. The predicted octanol–water partition coefficient (Wildman–Crippen LogP) is 1.85. The van der Waals surface area contributed by atoms with E-state index < -0.39 is 15.9 Å². The van der Waals surface area contributed by atoms with E-state index in [-0.39, 0.29) is 17.1 Å². The van der Waals surface area contributed by atoms with Crippen LogP contribution in [0.5, 0.6) is 0 Å². The molecule has 0 saturated carbocycles. The largest absolute Gasteiger partial charge is 0.287 e. The zero-order chi connectivity index (χ0) is 16.2. The van der Waals surface area contributed by atoms with E-state index in [0.717, 1.165) is 5.56 Å². The Balaban J connectivity index is 2.45. The number of terminal acetylenes is 1. The van der Waals surface area contributed by atoms with Crippen molar-refractivity contribution in [3.8, 4) is 12.3 Å². The smallest absolute Gasteiger partial charge is 0.266 e. The van der Waals surface area contributed by atoms with E-state index in [1.807, 2.05) is 6.92 Å². The van der Waals surface area contributed by atoms with Gasteiger partial charge < -0.3 is 0 Å². The summed E-state index contributed by atoms with van der Waals surface area (Å²) >= 11 is 0. The zero-order valence-corrected chi connectivity index (χ0v) is 12.7. The van der Waals surface area contributed by atoms with E-state index in [9.17, 15) is 13.2 Å². The van der Waals surface area contributed by atoms with Gasteiger partial charge in [0.25, 0.3) is 15.9 Å². The number of sulfonamides is 1. The van der Waals surface area contributed by atoms with Crippen molar-refractivity contribution in [2.45, 2.75) is 11.8 Å². The first-order valence-electron chi connectivity index (χ1n) is 6.45. The molecule has 0 spiro atoms. The molecule has 2 aromatic rings. The first-order valence-corrected chi connectivity index (χ1v) is 7.89. The van der Waals surface area contributed by atoms with Gasteiger partial charge in [0.2, 0.25) is 0 Å². The molecule has 0 atom stereocenters. The third-order valence-corrected chi connectivity index (χ3v) is 4.70. The Kier molecular flexibility index (Phi) is 4.59. The van der Waals surface area contributed by atoms with Gasteiger partial charge in [-0.3, -0.25) is 9.78 Å². The van der Waals surface area contributed by atoms with Gasteiger partial charge >= 0.3 is 0 Å². The average Bonchev–Trinajstić information content (AvgIpc) is 2.53. The Labute approximate surface area is 129 Å². The fraction of sp³-hybridized carbons (Fsp3) is 0.125. The summed E-state index contributed by atoms with van der Waals surface area (Å²) in [5.74, 6) is 1.45. The van der Waals surface area contributed by atoms with Gasteiger partial charge in [-0.2, -0.15) is 0 Å². The van der Waals surface area contributed by atoms with E-state index in [1.54, 1.807) is 24.3 Å². The second-order valence-electron chi connectivity index (χ2n) is 4.55. The lowest BCUT2D eigenvalue weighted by molar-refractivity contribution is 0.0867. The molecule has 112 valence electrons. The number of hydrogen-bond donors (Lipinski definition) is 0. The molecule has 6 heteroatoms. The molecule has 1 heterocycles. The molecular weight excluding hydrogens is 300 g/mol. The summed E-state index contributed by atoms with van der Waals surface area (Å²) in [6.45, 7) is 1.49. The van der Waals surface area contributed by atoms with Crippen molar-refractivity contribution in [3.05, 3.63) is 59.9 Å². The number of aromatic nitrogens is 1. The third-order valence-electron chi connectivity index (χ3n) is 2.95. The van der Waals surface area contributed by atoms with E-state index in [1.165, 1.54) is 24.4 Å². The van der Waals surface area contributed by atoms with Crippen LogP contribution in [0.2, 0.25) is 0 Å². The number of aryl methyl sites for hydroxylation is 1. The van der Waals surface area contributed by atoms with Gasteiger partial charge in [0.15, 0.2) is 0 Å². The number of hydrogen-bond acceptors (Lipinski definition) is 4. The second-order valence-corrected chi connectivity index (χ2v) is 6.41. The number of pyridine rings is 1. The van der Waals surface area contributed by atoms with Crippen LogP contribution in [-0.4, -0.2) is 30.2 Å². The number of amides is 1. The fourth-order valence-corrected chi connectivity index (χ4v) is 3.09. The van der Waals surface area contributed by atoms with Crippen molar-refractivity contribution >= 4 is 15.9 Å². The SMILES string of the molecule is C#CCN(C(=O)c1ccccn1)S(=O)(=O)c1ccc(C)cc1. The molecule has 0 saturated heterocycles. The summed E-state index contributed by atoms with van der Waals surface area (Å²) in [5, 5.41) is 0. The minimum absolute atomic E-state index is 0.0117. The molecule has 1 amide bonds. The highest BCUT2D eigenvalue weighted by atomic mass is 32.2. The second kappa shape index (κ2) is 6.41. The van der Waals surface area contributed by atoms with E-state index in [0.29, 0.717) is 4.31 Å². The topological polar surface area (TPSA) is 67.3 Å². The lowest BCUT2D eigenvalue weighted by Crippen LogP contribution is -2.37. The van der Waals surface area contributed by atoms with E-state index in [2.05, 4.69) is 10.9 Å². The van der Waals surface area contributed by atoms with Gasteiger partial charge in [0.05, 0.1) is 11.4 Å². The summed E-state index contributed by atoms with van der Waals surface area (Å²) in [6, 6.07) is 10.9. The molecule has 0 bridgehead atoms. The Bertz CT molecular complexity index is 807. The van der Waals surface area contributed by atoms with E-state index in [4.69, 9.17) is 6.42 Å². The Hall–Kier alpha value is -2.65. The van der Waals surface area contributed by atoms with Crippen molar-refractivity contribution in [2.24, 2.45) is 0 Å². The molecule has 22 heavy (non-hydrogen) atoms. The summed E-state index contributed by atoms with van der Waals surface area (Å²) in [5.41, 5.74) is 0.937. The summed E-state index contributed by atoms with van der Waals surface area (Å²) in [7, 11) is -4.03. The van der Waals surface area contributed by atoms with Crippen molar-refractivity contribution in [1.29, 1.82) is 0 Å². The molecule has 5 nitrogen and oxygen atoms in total.